The average Bonchev–Trinajstić information content (AvgIpc) is 3.60. The first kappa shape index (κ1) is 25.6. The molecule has 4 heterocycles. The fourth-order valence-corrected chi connectivity index (χ4v) is 5.13. The summed E-state index contributed by atoms with van der Waals surface area (Å²) >= 11 is 0. The van der Waals surface area contributed by atoms with Gasteiger partial charge in [0.2, 0.25) is 5.91 Å². The first-order valence-corrected chi connectivity index (χ1v) is 12.7. The highest BCUT2D eigenvalue weighted by atomic mass is 16.3. The number of ketones is 1. The molecule has 0 atom stereocenters. The number of amides is 1. The number of nitrogens with two attached hydrogens (primary N) is 1. The zero-order valence-corrected chi connectivity index (χ0v) is 21.5. The van der Waals surface area contributed by atoms with Crippen molar-refractivity contribution in [3.63, 3.8) is 0 Å². The number of piperidine rings is 1. The predicted octanol–water partition coefficient (Wildman–Crippen LogP) is 2.67. The number of carbonyl (C=O) groups is 2. The zero-order chi connectivity index (χ0) is 27.0. The van der Waals surface area contributed by atoms with Crippen LogP contribution in [0.15, 0.2) is 55.0 Å². The quantitative estimate of drug-likeness (QED) is 0.321. The van der Waals surface area contributed by atoms with Crippen LogP contribution in [0.5, 0.6) is 0 Å². The second-order valence-corrected chi connectivity index (χ2v) is 10.2. The number of likely N-dealkylation sites (tertiary alicyclic amines) is 1. The second-order valence-electron chi connectivity index (χ2n) is 10.2. The second kappa shape index (κ2) is 10.0. The summed E-state index contributed by atoms with van der Waals surface area (Å²) < 4.78 is 3.54. The van der Waals surface area contributed by atoms with E-state index in [9.17, 15) is 19.8 Å². The van der Waals surface area contributed by atoms with Gasteiger partial charge >= 0.3 is 0 Å². The topological polar surface area (TPSA) is 139 Å². The van der Waals surface area contributed by atoms with Gasteiger partial charge in [0.05, 0.1) is 36.1 Å². The maximum atomic E-state index is 12.9. The number of fused-ring (bicyclic) bond motifs is 1. The van der Waals surface area contributed by atoms with Gasteiger partial charge in [-0.25, -0.2) is 4.98 Å². The fourth-order valence-electron chi connectivity index (χ4n) is 5.13. The first-order valence-electron chi connectivity index (χ1n) is 12.7. The van der Waals surface area contributed by atoms with Crippen molar-refractivity contribution in [2.45, 2.75) is 32.6 Å². The van der Waals surface area contributed by atoms with Crippen LogP contribution in [0.25, 0.3) is 22.5 Å². The third kappa shape index (κ3) is 4.35. The highest BCUT2D eigenvalue weighted by molar-refractivity contribution is 6.00. The lowest BCUT2D eigenvalue weighted by molar-refractivity contribution is -0.147. The zero-order valence-electron chi connectivity index (χ0n) is 21.5. The van der Waals surface area contributed by atoms with Crippen molar-refractivity contribution in [3.8, 4) is 16.8 Å². The molecule has 0 aliphatic carbocycles. The number of rotatable bonds is 7. The molecule has 198 valence electrons. The number of hydrogen-bond acceptors (Lipinski definition) is 7. The molecular formula is C28H32N6O4. The molecule has 1 saturated heterocycles. The lowest BCUT2D eigenvalue weighted by Gasteiger charge is -2.37. The summed E-state index contributed by atoms with van der Waals surface area (Å²) in [6, 6.07) is 12.0. The SMILES string of the molecule is CC(=O)c1c(C2CCN(C(=O)C(C)(CO)CO)CC2)nc2c(-c3ccn(-c4ccccc4)c3)cnn2c1N. The summed E-state index contributed by atoms with van der Waals surface area (Å²) in [6.07, 6.45) is 6.85. The first-order chi connectivity index (χ1) is 18.3. The van der Waals surface area contributed by atoms with Crippen LogP contribution in [0.2, 0.25) is 0 Å². The van der Waals surface area contributed by atoms with Gasteiger partial charge in [-0.3, -0.25) is 9.59 Å². The molecular weight excluding hydrogens is 484 g/mol. The third-order valence-electron chi connectivity index (χ3n) is 7.50. The number of nitrogens with zero attached hydrogens (tertiary/aromatic N) is 5. The molecule has 3 aromatic heterocycles. The summed E-state index contributed by atoms with van der Waals surface area (Å²) in [7, 11) is 0. The van der Waals surface area contributed by atoms with Crippen molar-refractivity contribution >= 4 is 23.2 Å². The smallest absolute Gasteiger partial charge is 0.233 e. The molecule has 10 heteroatoms. The molecule has 1 aliphatic heterocycles. The molecule has 38 heavy (non-hydrogen) atoms. The van der Waals surface area contributed by atoms with E-state index in [2.05, 4.69) is 5.10 Å². The van der Waals surface area contributed by atoms with Crippen LogP contribution in [-0.4, -0.2) is 72.3 Å². The number of Topliss-reactive ketones (excluding diaryl/α,β-unsaturated/α-hetero) is 1. The number of hydrogen-bond donors (Lipinski definition) is 3. The molecule has 0 spiro atoms. The molecule has 1 aliphatic rings. The number of anilines is 1. The number of benzene rings is 1. The molecule has 5 rings (SSSR count). The lowest BCUT2D eigenvalue weighted by atomic mass is 9.86. The molecule has 0 unspecified atom stereocenters. The molecule has 4 N–H and O–H groups in total. The number of aliphatic hydroxyl groups is 2. The number of aromatic nitrogens is 4. The van der Waals surface area contributed by atoms with Crippen molar-refractivity contribution in [1.82, 2.24) is 24.1 Å². The highest BCUT2D eigenvalue weighted by Gasteiger charge is 2.38. The number of para-hydroxylation sites is 1. The minimum Gasteiger partial charge on any atom is -0.395 e. The number of nitrogen functional groups attached to an aromatic ring is 1. The predicted molar refractivity (Wildman–Crippen MR) is 143 cm³/mol. The van der Waals surface area contributed by atoms with Gasteiger partial charge in [-0.15, -0.1) is 0 Å². The van der Waals surface area contributed by atoms with Crippen LogP contribution in [0.3, 0.4) is 0 Å². The molecule has 1 aromatic carbocycles. The summed E-state index contributed by atoms with van der Waals surface area (Å²) in [6.45, 7) is 3.02. The Labute approximate surface area is 220 Å². The Kier molecular flexibility index (Phi) is 6.77. The van der Waals surface area contributed by atoms with E-state index in [-0.39, 0.29) is 23.4 Å². The maximum Gasteiger partial charge on any atom is 0.233 e. The number of aliphatic hydroxyl groups excluding tert-OH is 2. The molecule has 1 amide bonds. The molecule has 0 radical (unpaired) electrons. The van der Waals surface area contributed by atoms with Crippen molar-refractivity contribution in [1.29, 1.82) is 0 Å². The summed E-state index contributed by atoms with van der Waals surface area (Å²) in [5.41, 5.74) is 9.57. The van der Waals surface area contributed by atoms with Crippen LogP contribution in [0.4, 0.5) is 5.82 Å². The van der Waals surface area contributed by atoms with Crippen molar-refractivity contribution < 1.29 is 19.8 Å². The Balaban J connectivity index is 1.49. The van der Waals surface area contributed by atoms with Crippen LogP contribution in [0.1, 0.15) is 48.7 Å². The van der Waals surface area contributed by atoms with Crippen LogP contribution >= 0.6 is 0 Å². The minimum absolute atomic E-state index is 0.0866. The third-order valence-corrected chi connectivity index (χ3v) is 7.50. The van der Waals surface area contributed by atoms with Gasteiger partial charge in [0.1, 0.15) is 5.82 Å². The largest absolute Gasteiger partial charge is 0.395 e. The Morgan fingerprint density at radius 3 is 2.42 bits per heavy atom. The molecule has 4 aromatic rings. The van der Waals surface area contributed by atoms with Crippen LogP contribution in [0, 0.1) is 5.41 Å². The van der Waals surface area contributed by atoms with Gasteiger partial charge in [0.15, 0.2) is 11.4 Å². The maximum absolute atomic E-state index is 12.9. The highest BCUT2D eigenvalue weighted by Crippen LogP contribution is 2.35. The summed E-state index contributed by atoms with van der Waals surface area (Å²) in [5.74, 6) is -0.309. The van der Waals surface area contributed by atoms with E-state index >= 15 is 0 Å². The van der Waals surface area contributed by atoms with E-state index < -0.39 is 18.6 Å². The Morgan fingerprint density at radius 1 is 1.11 bits per heavy atom. The Hall–Kier alpha value is -4.02. The van der Waals surface area contributed by atoms with Gasteiger partial charge < -0.3 is 25.4 Å². The van der Waals surface area contributed by atoms with Crippen LogP contribution < -0.4 is 5.73 Å². The van der Waals surface area contributed by atoms with Crippen LogP contribution in [-0.2, 0) is 4.79 Å². The average molecular weight is 517 g/mol. The Morgan fingerprint density at radius 2 is 1.79 bits per heavy atom. The lowest BCUT2D eigenvalue weighted by Crippen LogP contribution is -2.49. The van der Waals surface area contributed by atoms with Gasteiger partial charge in [0.25, 0.3) is 0 Å². The van der Waals surface area contributed by atoms with E-state index in [1.165, 1.54) is 11.4 Å². The van der Waals surface area contributed by atoms with Gasteiger partial charge in [-0.05, 0) is 44.9 Å². The standard InChI is InChI=1S/C28H32N6O4/c1-18(37)23-24(19-8-11-32(12-9-19)27(38)28(2,16-35)17-36)31-26-22(14-30-34(26)25(23)29)20-10-13-33(15-20)21-6-4-3-5-7-21/h3-7,10,13-15,19,35-36H,8-9,11-12,16-17,29H2,1-2H3. The summed E-state index contributed by atoms with van der Waals surface area (Å²) in [4.78, 5) is 32.2. The van der Waals surface area contributed by atoms with Crippen molar-refractivity contribution in [2.24, 2.45) is 5.41 Å². The normalized spacial score (nSPS) is 14.8. The summed E-state index contributed by atoms with van der Waals surface area (Å²) in [5, 5.41) is 23.7. The Bertz CT molecular complexity index is 1480. The molecule has 0 bridgehead atoms. The molecule has 1 fully saturated rings. The van der Waals surface area contributed by atoms with Crippen molar-refractivity contribution in [2.75, 3.05) is 32.0 Å². The minimum atomic E-state index is -1.22. The van der Waals surface area contributed by atoms with E-state index in [0.29, 0.717) is 42.8 Å². The van der Waals surface area contributed by atoms with Gasteiger partial charge in [0, 0.05) is 48.2 Å². The van der Waals surface area contributed by atoms with Gasteiger partial charge in [-0.1, -0.05) is 18.2 Å². The van der Waals surface area contributed by atoms with E-state index in [4.69, 9.17) is 10.7 Å². The van der Waals surface area contributed by atoms with E-state index in [1.807, 2.05) is 53.4 Å². The van der Waals surface area contributed by atoms with E-state index in [0.717, 1.165) is 16.8 Å². The number of carbonyl (C=O) groups excluding carboxylic acids is 2. The van der Waals surface area contributed by atoms with E-state index in [1.54, 1.807) is 18.0 Å². The fraction of sp³-hybridized carbons (Fsp3) is 0.357. The monoisotopic (exact) mass is 516 g/mol. The van der Waals surface area contributed by atoms with Crippen molar-refractivity contribution in [3.05, 3.63) is 66.2 Å². The molecule has 10 nitrogen and oxygen atoms in total. The molecule has 0 saturated carbocycles. The van der Waals surface area contributed by atoms with Gasteiger partial charge in [-0.2, -0.15) is 9.61 Å².